The second-order valence-corrected chi connectivity index (χ2v) is 10.4. The van der Waals surface area contributed by atoms with E-state index in [1.807, 2.05) is 6.92 Å². The Balaban J connectivity index is 1.46. The van der Waals surface area contributed by atoms with Crippen molar-refractivity contribution in [3.05, 3.63) is 47.6 Å². The summed E-state index contributed by atoms with van der Waals surface area (Å²) in [5.41, 5.74) is 1.81. The fourth-order valence-electron chi connectivity index (χ4n) is 5.55. The Kier molecular flexibility index (Phi) is 8.02. The third-order valence-corrected chi connectivity index (χ3v) is 7.65. The Morgan fingerprint density at radius 3 is 2.77 bits per heavy atom. The van der Waals surface area contributed by atoms with Crippen LogP contribution in [0.15, 0.2) is 34.9 Å². The van der Waals surface area contributed by atoms with Crippen LogP contribution in [-0.4, -0.2) is 70.5 Å². The molecule has 0 spiro atoms. The fourth-order valence-corrected chi connectivity index (χ4v) is 5.55. The fraction of sp³-hybridized carbons (Fsp3) is 0.556. The number of nitrogens with zero attached hydrogens (tertiary/aromatic N) is 4. The molecule has 5 rings (SSSR count). The van der Waals surface area contributed by atoms with Crippen molar-refractivity contribution in [3.63, 3.8) is 0 Å². The zero-order valence-corrected chi connectivity index (χ0v) is 22.4. The third-order valence-electron chi connectivity index (χ3n) is 7.65. The summed E-state index contributed by atoms with van der Waals surface area (Å²) < 4.78 is 55.2. The van der Waals surface area contributed by atoms with Crippen molar-refractivity contribution in [2.75, 3.05) is 26.8 Å². The van der Waals surface area contributed by atoms with E-state index in [4.69, 9.17) is 9.15 Å². The van der Waals surface area contributed by atoms with Crippen LogP contribution in [0.25, 0.3) is 11.1 Å². The Labute approximate surface area is 229 Å². The number of aryl methyl sites for hydroxylation is 1. The zero-order valence-electron chi connectivity index (χ0n) is 22.4. The van der Waals surface area contributed by atoms with Gasteiger partial charge in [0.05, 0.1) is 25.7 Å². The molecule has 10 nitrogen and oxygen atoms in total. The minimum absolute atomic E-state index is 0.00399. The van der Waals surface area contributed by atoms with Gasteiger partial charge in [0.25, 0.3) is 11.8 Å². The van der Waals surface area contributed by atoms with Gasteiger partial charge < -0.3 is 24.7 Å². The van der Waals surface area contributed by atoms with Crippen molar-refractivity contribution >= 4 is 23.0 Å². The lowest BCUT2D eigenvalue weighted by molar-refractivity contribution is -0.0509. The molecule has 2 N–H and O–H groups in total. The summed E-state index contributed by atoms with van der Waals surface area (Å²) in [6.07, 6.45) is 2.55. The lowest BCUT2D eigenvalue weighted by Gasteiger charge is -2.38. The first-order chi connectivity index (χ1) is 19.2. The topological polar surface area (TPSA) is 115 Å². The maximum absolute atomic E-state index is 14.2. The summed E-state index contributed by atoms with van der Waals surface area (Å²) in [5, 5.41) is 9.44. The highest BCUT2D eigenvalue weighted by Gasteiger charge is 2.42. The van der Waals surface area contributed by atoms with Gasteiger partial charge in [-0.1, -0.05) is 6.07 Å². The Morgan fingerprint density at radius 2 is 2.05 bits per heavy atom. The highest BCUT2D eigenvalue weighted by atomic mass is 19.3. The number of hydrogen-bond donors (Lipinski definition) is 2. The number of ether oxygens (including phenoxy) is 1. The van der Waals surface area contributed by atoms with Crippen molar-refractivity contribution in [2.24, 2.45) is 5.92 Å². The van der Waals surface area contributed by atoms with Crippen molar-refractivity contribution in [1.29, 1.82) is 0 Å². The maximum Gasteiger partial charge on any atom is 0.318 e. The molecule has 1 saturated heterocycles. The van der Waals surface area contributed by atoms with Crippen LogP contribution < -0.4 is 10.6 Å². The molecule has 2 atom stereocenters. The largest absolute Gasteiger partial charge is 0.438 e. The van der Waals surface area contributed by atoms with Crippen LogP contribution >= 0.6 is 0 Å². The van der Waals surface area contributed by atoms with E-state index < -0.39 is 43.3 Å². The smallest absolute Gasteiger partial charge is 0.318 e. The molecule has 1 aliphatic heterocycles. The van der Waals surface area contributed by atoms with Gasteiger partial charge in [0.2, 0.25) is 5.89 Å². The van der Waals surface area contributed by atoms with Gasteiger partial charge in [0, 0.05) is 19.9 Å². The lowest BCUT2D eigenvalue weighted by atomic mass is 9.83. The second-order valence-electron chi connectivity index (χ2n) is 10.4. The first-order valence-electron chi connectivity index (χ1n) is 13.5. The van der Waals surface area contributed by atoms with Crippen LogP contribution in [0.3, 0.4) is 0 Å². The van der Waals surface area contributed by atoms with E-state index in [0.717, 1.165) is 4.90 Å². The van der Waals surface area contributed by atoms with Gasteiger partial charge in [0.15, 0.2) is 5.58 Å². The molecule has 13 heteroatoms. The number of methoxy groups -OCH3 is 1. The van der Waals surface area contributed by atoms with Crippen LogP contribution in [0.5, 0.6) is 0 Å². The van der Waals surface area contributed by atoms with Crippen LogP contribution in [0.1, 0.15) is 66.6 Å². The van der Waals surface area contributed by atoms with Gasteiger partial charge in [-0.05, 0) is 62.3 Å². The van der Waals surface area contributed by atoms with Crippen LogP contribution in [-0.2, 0) is 11.3 Å². The number of halogens is 3. The number of fused-ring (bicyclic) bond motifs is 1. The maximum atomic E-state index is 14.2. The van der Waals surface area contributed by atoms with Gasteiger partial charge >= 0.3 is 6.03 Å². The Morgan fingerprint density at radius 1 is 1.27 bits per heavy atom. The number of nitrogens with one attached hydrogen (secondary N) is 2. The molecule has 216 valence electrons. The van der Waals surface area contributed by atoms with Crippen molar-refractivity contribution in [3.8, 4) is 0 Å². The lowest BCUT2D eigenvalue weighted by Crippen LogP contribution is -2.58. The predicted octanol–water partition coefficient (Wildman–Crippen LogP) is 4.39. The number of aromatic nitrogens is 3. The third kappa shape index (κ3) is 5.79. The average Bonchev–Trinajstić information content (AvgIpc) is 3.59. The van der Waals surface area contributed by atoms with Crippen molar-refractivity contribution < 1.29 is 31.9 Å². The standard InChI is InChI=1S/C27H33F3N6O4/c1-3-36-20(10-11-32-36)24(37)34-23(16-4-7-18(28)8-5-16)25-33-19-12-17(6-9-22(19)40-25)21(13-39-2)35-15-27(29,30)14-31-26(35)38/h6,9-12,16,18,21,23H,3-5,7-8,13-15H2,1-2H3,(H,31,38)(H,34,37)/t16?,18?,21-,23+/m1/s1. The number of carbonyl (C=O) groups excluding carboxylic acids is 2. The second kappa shape index (κ2) is 11.5. The molecule has 2 fully saturated rings. The molecule has 3 aromatic rings. The minimum atomic E-state index is -3.08. The molecule has 3 amide bonds. The highest BCUT2D eigenvalue weighted by molar-refractivity contribution is 5.92. The average molecular weight is 563 g/mol. The number of oxazole rings is 1. The molecule has 2 aliphatic rings. The summed E-state index contributed by atoms with van der Waals surface area (Å²) >= 11 is 0. The van der Waals surface area contributed by atoms with Gasteiger partial charge in [-0.25, -0.2) is 22.9 Å². The molecule has 0 bridgehead atoms. The number of amides is 3. The summed E-state index contributed by atoms with van der Waals surface area (Å²) in [7, 11) is 1.43. The molecule has 2 aromatic heterocycles. The summed E-state index contributed by atoms with van der Waals surface area (Å²) in [6, 6.07) is 4.64. The number of urea groups is 1. The molecule has 0 radical (unpaired) electrons. The summed E-state index contributed by atoms with van der Waals surface area (Å²) in [6.45, 7) is 0.936. The van der Waals surface area contributed by atoms with E-state index in [2.05, 4.69) is 20.7 Å². The minimum Gasteiger partial charge on any atom is -0.438 e. The van der Waals surface area contributed by atoms with E-state index in [-0.39, 0.29) is 24.3 Å². The van der Waals surface area contributed by atoms with Gasteiger partial charge in [-0.3, -0.25) is 9.48 Å². The normalized spacial score (nSPS) is 22.6. The van der Waals surface area contributed by atoms with Crippen molar-refractivity contribution in [1.82, 2.24) is 30.3 Å². The van der Waals surface area contributed by atoms with E-state index in [0.29, 0.717) is 54.6 Å². The summed E-state index contributed by atoms with van der Waals surface area (Å²) in [4.78, 5) is 31.5. The SMILES string of the molecule is CCn1nccc1C(=O)N[C@H](c1nc2cc([C@@H](COC)N3CC(F)(F)CNC3=O)ccc2o1)C1CCC(F)CC1. The van der Waals surface area contributed by atoms with Gasteiger partial charge in [-0.2, -0.15) is 5.10 Å². The molecule has 1 aliphatic carbocycles. The van der Waals surface area contributed by atoms with Crippen LogP contribution in [0.2, 0.25) is 0 Å². The van der Waals surface area contributed by atoms with E-state index in [1.165, 1.54) is 7.11 Å². The molecule has 3 heterocycles. The van der Waals surface area contributed by atoms with Crippen LogP contribution in [0, 0.1) is 5.92 Å². The van der Waals surface area contributed by atoms with Gasteiger partial charge in [0.1, 0.15) is 23.4 Å². The quantitative estimate of drug-likeness (QED) is 0.400. The Hall–Kier alpha value is -3.61. The number of alkyl halides is 3. The molecule has 40 heavy (non-hydrogen) atoms. The zero-order chi connectivity index (χ0) is 28.4. The van der Waals surface area contributed by atoms with Gasteiger partial charge in [-0.15, -0.1) is 0 Å². The summed E-state index contributed by atoms with van der Waals surface area (Å²) in [5.74, 6) is -3.24. The number of rotatable bonds is 9. The first kappa shape index (κ1) is 27.9. The molecule has 1 aromatic carbocycles. The number of benzene rings is 1. The van der Waals surface area contributed by atoms with E-state index in [9.17, 15) is 22.8 Å². The highest BCUT2D eigenvalue weighted by Crippen LogP contribution is 2.37. The predicted molar refractivity (Wildman–Crippen MR) is 139 cm³/mol. The molecule has 0 unspecified atom stereocenters. The monoisotopic (exact) mass is 562 g/mol. The van der Waals surface area contributed by atoms with Crippen molar-refractivity contribution in [2.45, 2.75) is 63.3 Å². The van der Waals surface area contributed by atoms with E-state index in [1.54, 1.807) is 35.1 Å². The first-order valence-corrected chi connectivity index (χ1v) is 13.5. The van der Waals surface area contributed by atoms with Crippen LogP contribution in [0.4, 0.5) is 18.0 Å². The molecular weight excluding hydrogens is 529 g/mol. The Bertz CT molecular complexity index is 1350. The number of carbonyl (C=O) groups is 2. The molecule has 1 saturated carbocycles. The van der Waals surface area contributed by atoms with E-state index >= 15 is 0 Å². The number of hydrogen-bond acceptors (Lipinski definition) is 6. The molecular formula is C27H33F3N6O4.